The standard InChI is InChI=1S/C14H22N4S2/c1-4-6-15-13-11-5-8-20-14(11)17-12(16-13)10-18(2)7-9-19-3/h5,8H,4,6-7,9-10H2,1-3H3,(H,15,16,17). The van der Waals surface area contributed by atoms with E-state index in [2.05, 4.69) is 46.9 Å². The Morgan fingerprint density at radius 2 is 2.25 bits per heavy atom. The van der Waals surface area contributed by atoms with Crippen LogP contribution in [0.25, 0.3) is 10.2 Å². The van der Waals surface area contributed by atoms with Crippen molar-refractivity contribution in [2.45, 2.75) is 19.9 Å². The van der Waals surface area contributed by atoms with E-state index >= 15 is 0 Å². The lowest BCUT2D eigenvalue weighted by Crippen LogP contribution is -2.22. The zero-order chi connectivity index (χ0) is 14.4. The van der Waals surface area contributed by atoms with Gasteiger partial charge in [0.05, 0.1) is 11.9 Å². The summed E-state index contributed by atoms with van der Waals surface area (Å²) in [6.07, 6.45) is 3.23. The molecular weight excluding hydrogens is 288 g/mol. The molecule has 0 aromatic carbocycles. The van der Waals surface area contributed by atoms with Gasteiger partial charge in [-0.25, -0.2) is 9.97 Å². The molecule has 0 saturated heterocycles. The highest BCUT2D eigenvalue weighted by molar-refractivity contribution is 7.98. The van der Waals surface area contributed by atoms with E-state index in [1.54, 1.807) is 11.3 Å². The Kier molecular flexibility index (Phi) is 6.06. The number of aromatic nitrogens is 2. The van der Waals surface area contributed by atoms with Crippen molar-refractivity contribution >= 4 is 39.1 Å². The van der Waals surface area contributed by atoms with Crippen molar-refractivity contribution < 1.29 is 0 Å². The fraction of sp³-hybridized carbons (Fsp3) is 0.571. The van der Waals surface area contributed by atoms with Crippen LogP contribution in [-0.2, 0) is 6.54 Å². The maximum atomic E-state index is 4.69. The van der Waals surface area contributed by atoms with Crippen molar-refractivity contribution in [3.63, 3.8) is 0 Å². The molecule has 2 rings (SSSR count). The van der Waals surface area contributed by atoms with Crippen LogP contribution in [0.5, 0.6) is 0 Å². The zero-order valence-corrected chi connectivity index (χ0v) is 14.0. The quantitative estimate of drug-likeness (QED) is 0.810. The van der Waals surface area contributed by atoms with Crippen molar-refractivity contribution in [3.05, 3.63) is 17.3 Å². The summed E-state index contributed by atoms with van der Waals surface area (Å²) in [6, 6.07) is 2.10. The van der Waals surface area contributed by atoms with Gasteiger partial charge in [0, 0.05) is 18.8 Å². The number of nitrogens with zero attached hydrogens (tertiary/aromatic N) is 3. The first kappa shape index (κ1) is 15.5. The van der Waals surface area contributed by atoms with Crippen LogP contribution in [0.2, 0.25) is 0 Å². The predicted octanol–water partition coefficient (Wildman–Crippen LogP) is 3.31. The van der Waals surface area contributed by atoms with Gasteiger partial charge in [-0.2, -0.15) is 11.8 Å². The third kappa shape index (κ3) is 4.07. The topological polar surface area (TPSA) is 41.1 Å². The molecule has 2 aromatic rings. The Morgan fingerprint density at radius 1 is 1.40 bits per heavy atom. The number of anilines is 1. The molecule has 2 aromatic heterocycles. The Morgan fingerprint density at radius 3 is 3.00 bits per heavy atom. The number of thioether (sulfide) groups is 1. The fourth-order valence-corrected chi connectivity index (χ4v) is 3.19. The molecule has 1 N–H and O–H groups in total. The van der Waals surface area contributed by atoms with Crippen LogP contribution >= 0.6 is 23.1 Å². The Bertz CT molecular complexity index is 541. The summed E-state index contributed by atoms with van der Waals surface area (Å²) in [7, 11) is 2.12. The van der Waals surface area contributed by atoms with Crippen molar-refractivity contribution in [1.29, 1.82) is 0 Å². The van der Waals surface area contributed by atoms with E-state index in [1.807, 2.05) is 11.8 Å². The fourth-order valence-electron chi connectivity index (χ4n) is 1.92. The first-order chi connectivity index (χ1) is 9.74. The van der Waals surface area contributed by atoms with Gasteiger partial charge < -0.3 is 5.32 Å². The number of nitrogens with one attached hydrogen (secondary N) is 1. The smallest absolute Gasteiger partial charge is 0.146 e. The molecule has 2 heterocycles. The maximum absolute atomic E-state index is 4.69. The van der Waals surface area contributed by atoms with Gasteiger partial charge in [0.15, 0.2) is 0 Å². The Hall–Kier alpha value is -0.850. The van der Waals surface area contributed by atoms with E-state index in [-0.39, 0.29) is 0 Å². The molecule has 0 radical (unpaired) electrons. The molecule has 0 aliphatic heterocycles. The van der Waals surface area contributed by atoms with E-state index in [4.69, 9.17) is 4.98 Å². The second-order valence-electron chi connectivity index (χ2n) is 4.79. The molecule has 0 bridgehead atoms. The molecule has 20 heavy (non-hydrogen) atoms. The average molecular weight is 310 g/mol. The van der Waals surface area contributed by atoms with Gasteiger partial charge in [-0.15, -0.1) is 11.3 Å². The summed E-state index contributed by atoms with van der Waals surface area (Å²) >= 11 is 3.55. The van der Waals surface area contributed by atoms with Crippen LogP contribution < -0.4 is 5.32 Å². The molecule has 6 heteroatoms. The molecule has 0 aliphatic carbocycles. The summed E-state index contributed by atoms with van der Waals surface area (Å²) in [4.78, 5) is 12.7. The van der Waals surface area contributed by atoms with Gasteiger partial charge >= 0.3 is 0 Å². The van der Waals surface area contributed by atoms with Gasteiger partial charge in [-0.05, 0) is 31.2 Å². The molecule has 110 valence electrons. The minimum absolute atomic E-state index is 0.801. The van der Waals surface area contributed by atoms with Crippen molar-refractivity contribution in [2.24, 2.45) is 0 Å². The first-order valence-corrected chi connectivity index (χ1v) is 9.17. The Balaban J connectivity index is 2.16. The van der Waals surface area contributed by atoms with E-state index in [0.717, 1.165) is 53.7 Å². The Labute approximate surface area is 129 Å². The highest BCUT2D eigenvalue weighted by atomic mass is 32.2. The molecule has 0 fully saturated rings. The van der Waals surface area contributed by atoms with E-state index in [1.165, 1.54) is 0 Å². The SMILES string of the molecule is CCCNc1nc(CN(C)CCSC)nc2sccc12. The highest BCUT2D eigenvalue weighted by Gasteiger charge is 2.10. The largest absolute Gasteiger partial charge is 0.369 e. The summed E-state index contributed by atoms with van der Waals surface area (Å²) in [5, 5.41) is 6.63. The average Bonchev–Trinajstić information content (AvgIpc) is 2.90. The van der Waals surface area contributed by atoms with Gasteiger partial charge in [0.2, 0.25) is 0 Å². The van der Waals surface area contributed by atoms with Crippen molar-refractivity contribution in [2.75, 3.05) is 37.5 Å². The number of hydrogen-bond acceptors (Lipinski definition) is 6. The molecule has 0 amide bonds. The molecule has 0 saturated carbocycles. The molecule has 0 atom stereocenters. The van der Waals surface area contributed by atoms with Crippen LogP contribution in [-0.4, -0.2) is 47.0 Å². The molecule has 0 aliphatic rings. The van der Waals surface area contributed by atoms with Crippen LogP contribution in [0.4, 0.5) is 5.82 Å². The number of rotatable bonds is 8. The third-order valence-corrected chi connectivity index (χ3v) is 4.40. The number of thiophene rings is 1. The summed E-state index contributed by atoms with van der Waals surface area (Å²) in [6.45, 7) is 4.97. The molecule has 0 unspecified atom stereocenters. The molecular formula is C14H22N4S2. The zero-order valence-electron chi connectivity index (χ0n) is 12.3. The first-order valence-electron chi connectivity index (χ1n) is 6.90. The van der Waals surface area contributed by atoms with Crippen LogP contribution in [0.1, 0.15) is 19.2 Å². The van der Waals surface area contributed by atoms with Gasteiger partial charge in [0.1, 0.15) is 16.5 Å². The monoisotopic (exact) mass is 310 g/mol. The maximum Gasteiger partial charge on any atom is 0.146 e. The second-order valence-corrected chi connectivity index (χ2v) is 6.67. The van der Waals surface area contributed by atoms with Crippen LogP contribution in [0.3, 0.4) is 0 Å². The van der Waals surface area contributed by atoms with Gasteiger partial charge in [0.25, 0.3) is 0 Å². The number of fused-ring (bicyclic) bond motifs is 1. The second kappa shape index (κ2) is 7.81. The minimum Gasteiger partial charge on any atom is -0.369 e. The van der Waals surface area contributed by atoms with E-state index < -0.39 is 0 Å². The van der Waals surface area contributed by atoms with Crippen molar-refractivity contribution in [1.82, 2.24) is 14.9 Å². The van der Waals surface area contributed by atoms with Gasteiger partial charge in [-0.1, -0.05) is 6.92 Å². The minimum atomic E-state index is 0.801. The predicted molar refractivity (Wildman–Crippen MR) is 90.9 cm³/mol. The normalized spacial score (nSPS) is 11.4. The van der Waals surface area contributed by atoms with E-state index in [9.17, 15) is 0 Å². The highest BCUT2D eigenvalue weighted by Crippen LogP contribution is 2.25. The lowest BCUT2D eigenvalue weighted by Gasteiger charge is -2.15. The van der Waals surface area contributed by atoms with Crippen molar-refractivity contribution in [3.8, 4) is 0 Å². The summed E-state index contributed by atoms with van der Waals surface area (Å²) in [5.74, 6) is 3.02. The van der Waals surface area contributed by atoms with E-state index in [0.29, 0.717) is 0 Å². The third-order valence-electron chi connectivity index (χ3n) is 3.00. The summed E-state index contributed by atoms with van der Waals surface area (Å²) in [5.41, 5.74) is 0. The lowest BCUT2D eigenvalue weighted by molar-refractivity contribution is 0.340. The molecule has 0 spiro atoms. The van der Waals surface area contributed by atoms with Gasteiger partial charge in [-0.3, -0.25) is 4.90 Å². The molecule has 4 nitrogen and oxygen atoms in total. The lowest BCUT2D eigenvalue weighted by atomic mass is 10.3. The van der Waals surface area contributed by atoms with Crippen LogP contribution in [0.15, 0.2) is 11.4 Å². The summed E-state index contributed by atoms with van der Waals surface area (Å²) < 4.78 is 0. The van der Waals surface area contributed by atoms with Crippen LogP contribution in [0, 0.1) is 0 Å². The number of hydrogen-bond donors (Lipinski definition) is 1.